The first kappa shape index (κ1) is 23.9. The number of hydrogen-bond acceptors (Lipinski definition) is 5. The molecule has 5 nitrogen and oxygen atoms in total. The number of nitrogens with zero attached hydrogens (tertiary/aromatic N) is 2. The van der Waals surface area contributed by atoms with Gasteiger partial charge < -0.3 is 18.9 Å². The standard InChI is InChI=1S/C23H38BClN2O3/c1-7-22(5)23(8-2,9-3)30-24(29-22)19-10-11-20(21(25)18(19)4)28-17-16-27-14-12-26(6)13-15-27/h10-11H,7-9,12-17H2,1-6H3. The molecule has 2 heterocycles. The maximum Gasteiger partial charge on any atom is 0.495 e. The van der Waals surface area contributed by atoms with Crippen molar-refractivity contribution >= 4 is 24.2 Å². The first-order valence-electron chi connectivity index (χ1n) is 11.5. The molecule has 0 N–H and O–H groups in total. The zero-order valence-electron chi connectivity index (χ0n) is 19.6. The molecule has 30 heavy (non-hydrogen) atoms. The predicted molar refractivity (Wildman–Crippen MR) is 125 cm³/mol. The van der Waals surface area contributed by atoms with Crippen LogP contribution in [0, 0.1) is 6.92 Å². The summed E-state index contributed by atoms with van der Waals surface area (Å²) in [5.74, 6) is 0.737. The van der Waals surface area contributed by atoms with Gasteiger partial charge in [0.1, 0.15) is 12.4 Å². The van der Waals surface area contributed by atoms with Crippen LogP contribution >= 0.6 is 11.6 Å². The summed E-state index contributed by atoms with van der Waals surface area (Å²) < 4.78 is 19.1. The summed E-state index contributed by atoms with van der Waals surface area (Å²) in [5, 5.41) is 0.654. The summed E-state index contributed by atoms with van der Waals surface area (Å²) in [7, 11) is 1.77. The molecule has 0 radical (unpaired) electrons. The number of piperazine rings is 1. The molecule has 168 valence electrons. The van der Waals surface area contributed by atoms with Crippen molar-refractivity contribution in [3.8, 4) is 5.75 Å². The first-order chi connectivity index (χ1) is 14.3. The molecule has 0 aromatic heterocycles. The van der Waals surface area contributed by atoms with Crippen LogP contribution < -0.4 is 10.2 Å². The summed E-state index contributed by atoms with van der Waals surface area (Å²) in [6.07, 6.45) is 2.75. The van der Waals surface area contributed by atoms with E-state index in [1.807, 2.05) is 13.0 Å². The van der Waals surface area contributed by atoms with Crippen LogP contribution in [0.3, 0.4) is 0 Å². The van der Waals surface area contributed by atoms with Gasteiger partial charge in [-0.15, -0.1) is 0 Å². The zero-order valence-corrected chi connectivity index (χ0v) is 20.3. The van der Waals surface area contributed by atoms with Crippen LogP contribution in [0.4, 0.5) is 0 Å². The monoisotopic (exact) mass is 436 g/mol. The van der Waals surface area contributed by atoms with E-state index in [1.54, 1.807) is 0 Å². The van der Waals surface area contributed by atoms with E-state index in [4.69, 9.17) is 25.6 Å². The lowest BCUT2D eigenvalue weighted by Crippen LogP contribution is -2.48. The Morgan fingerprint density at radius 2 is 1.73 bits per heavy atom. The predicted octanol–water partition coefficient (Wildman–Crippen LogP) is 3.74. The molecule has 2 saturated heterocycles. The van der Waals surface area contributed by atoms with Crippen molar-refractivity contribution in [1.29, 1.82) is 0 Å². The van der Waals surface area contributed by atoms with Gasteiger partial charge in [0, 0.05) is 32.7 Å². The lowest BCUT2D eigenvalue weighted by atomic mass is 9.76. The van der Waals surface area contributed by atoms with Crippen LogP contribution in [0.25, 0.3) is 0 Å². The van der Waals surface area contributed by atoms with Gasteiger partial charge in [-0.3, -0.25) is 4.90 Å². The van der Waals surface area contributed by atoms with Gasteiger partial charge in [0.25, 0.3) is 0 Å². The van der Waals surface area contributed by atoms with E-state index in [0.717, 1.165) is 68.8 Å². The number of hydrogen-bond donors (Lipinski definition) is 0. The fourth-order valence-electron chi connectivity index (χ4n) is 4.79. The molecule has 0 aliphatic carbocycles. The van der Waals surface area contributed by atoms with Gasteiger partial charge in [-0.2, -0.15) is 0 Å². The largest absolute Gasteiger partial charge is 0.495 e. The Bertz CT molecular complexity index is 723. The van der Waals surface area contributed by atoms with Crippen LogP contribution in [0.1, 0.15) is 52.5 Å². The summed E-state index contributed by atoms with van der Waals surface area (Å²) in [5.41, 5.74) is 1.39. The van der Waals surface area contributed by atoms with Gasteiger partial charge >= 0.3 is 7.12 Å². The summed E-state index contributed by atoms with van der Waals surface area (Å²) in [6.45, 7) is 16.7. The normalized spacial score (nSPS) is 25.1. The second-order valence-corrected chi connectivity index (χ2v) is 9.32. The molecule has 7 heteroatoms. The minimum atomic E-state index is -0.397. The molecule has 1 aromatic rings. The van der Waals surface area contributed by atoms with E-state index in [0.29, 0.717) is 11.6 Å². The van der Waals surface area contributed by atoms with Gasteiger partial charge in [-0.1, -0.05) is 38.4 Å². The summed E-state index contributed by atoms with van der Waals surface area (Å²) >= 11 is 6.70. The number of likely N-dealkylation sites (N-methyl/N-ethyl adjacent to an activating group) is 1. The van der Waals surface area contributed by atoms with Crippen LogP contribution in [0.5, 0.6) is 5.75 Å². The van der Waals surface area contributed by atoms with Crippen molar-refractivity contribution in [3.63, 3.8) is 0 Å². The maximum absolute atomic E-state index is 6.70. The molecule has 2 aliphatic rings. The Labute approximate surface area is 188 Å². The summed E-state index contributed by atoms with van der Waals surface area (Å²) in [6, 6.07) is 4.01. The van der Waals surface area contributed by atoms with E-state index in [-0.39, 0.29) is 11.2 Å². The molecule has 2 aliphatic heterocycles. The van der Waals surface area contributed by atoms with Crippen LogP contribution in [0.2, 0.25) is 5.02 Å². The van der Waals surface area contributed by atoms with Gasteiger partial charge in [0.15, 0.2) is 0 Å². The minimum absolute atomic E-state index is 0.275. The van der Waals surface area contributed by atoms with Crippen molar-refractivity contribution in [1.82, 2.24) is 9.80 Å². The van der Waals surface area contributed by atoms with E-state index >= 15 is 0 Å². The van der Waals surface area contributed by atoms with Crippen molar-refractivity contribution in [2.45, 2.75) is 65.1 Å². The fraction of sp³-hybridized carbons (Fsp3) is 0.739. The topological polar surface area (TPSA) is 34.2 Å². The molecule has 0 amide bonds. The quantitative estimate of drug-likeness (QED) is 0.580. The SMILES string of the molecule is CCC1(C)OB(c2ccc(OCCN3CCN(C)CC3)c(Cl)c2C)OC1(CC)CC. The van der Waals surface area contributed by atoms with Crippen molar-refractivity contribution in [3.05, 3.63) is 22.7 Å². The number of ether oxygens (including phenoxy) is 1. The molecular formula is C23H38BClN2O3. The Kier molecular flexibility index (Phi) is 7.78. The smallest absolute Gasteiger partial charge is 0.491 e. The molecule has 1 unspecified atom stereocenters. The Morgan fingerprint density at radius 1 is 1.07 bits per heavy atom. The highest BCUT2D eigenvalue weighted by Gasteiger charge is 2.57. The van der Waals surface area contributed by atoms with Crippen molar-refractivity contribution < 1.29 is 14.0 Å². The van der Waals surface area contributed by atoms with Gasteiger partial charge in [-0.05, 0) is 57.3 Å². The number of benzene rings is 1. The second-order valence-electron chi connectivity index (χ2n) is 8.94. The Balaban J connectivity index is 1.68. The molecule has 1 aromatic carbocycles. The number of rotatable bonds is 8. The fourth-order valence-corrected chi connectivity index (χ4v) is 5.02. The average Bonchev–Trinajstić information content (AvgIpc) is 3.05. The van der Waals surface area contributed by atoms with Gasteiger partial charge in [0.05, 0.1) is 16.2 Å². The highest BCUT2D eigenvalue weighted by Crippen LogP contribution is 2.45. The Hall–Kier alpha value is -0.785. The third-order valence-electron chi connectivity index (χ3n) is 7.39. The van der Waals surface area contributed by atoms with E-state index in [2.05, 4.69) is 50.6 Å². The second kappa shape index (κ2) is 9.78. The molecule has 0 bridgehead atoms. The highest BCUT2D eigenvalue weighted by atomic mass is 35.5. The van der Waals surface area contributed by atoms with E-state index in [1.165, 1.54) is 0 Å². The molecule has 3 rings (SSSR count). The minimum Gasteiger partial charge on any atom is -0.491 e. The van der Waals surface area contributed by atoms with Crippen molar-refractivity contribution in [2.24, 2.45) is 0 Å². The third kappa shape index (κ3) is 4.54. The lowest BCUT2D eigenvalue weighted by Gasteiger charge is -2.40. The first-order valence-corrected chi connectivity index (χ1v) is 11.8. The van der Waals surface area contributed by atoms with Crippen molar-refractivity contribution in [2.75, 3.05) is 46.4 Å². The zero-order chi connectivity index (χ0) is 21.9. The summed E-state index contributed by atoms with van der Waals surface area (Å²) in [4.78, 5) is 4.80. The molecular weight excluding hydrogens is 399 g/mol. The average molecular weight is 437 g/mol. The van der Waals surface area contributed by atoms with Gasteiger partial charge in [0.2, 0.25) is 0 Å². The lowest BCUT2D eigenvalue weighted by molar-refractivity contribution is -0.0447. The molecule has 0 spiro atoms. The highest BCUT2D eigenvalue weighted by molar-refractivity contribution is 6.63. The van der Waals surface area contributed by atoms with E-state index in [9.17, 15) is 0 Å². The van der Waals surface area contributed by atoms with Gasteiger partial charge in [-0.25, -0.2) is 0 Å². The van der Waals surface area contributed by atoms with Crippen LogP contribution in [-0.2, 0) is 9.31 Å². The number of halogens is 1. The molecule has 0 saturated carbocycles. The molecule has 2 fully saturated rings. The Morgan fingerprint density at radius 3 is 2.30 bits per heavy atom. The van der Waals surface area contributed by atoms with Crippen LogP contribution in [-0.4, -0.2) is 74.5 Å². The van der Waals surface area contributed by atoms with E-state index < -0.39 is 7.12 Å². The molecule has 1 atom stereocenters. The third-order valence-corrected chi connectivity index (χ3v) is 7.86. The maximum atomic E-state index is 6.70. The van der Waals surface area contributed by atoms with Crippen LogP contribution in [0.15, 0.2) is 12.1 Å².